The Balaban J connectivity index is 1.59. The number of nitrogens with zero attached hydrogens (tertiary/aromatic N) is 3. The third kappa shape index (κ3) is 5.40. The fourth-order valence-corrected chi connectivity index (χ4v) is 3.62. The minimum Gasteiger partial charge on any atom is -0.492 e. The molecule has 4 rings (SSSR count). The van der Waals surface area contributed by atoms with E-state index in [9.17, 15) is 4.79 Å². The van der Waals surface area contributed by atoms with Crippen molar-refractivity contribution in [1.29, 1.82) is 0 Å². The molecule has 1 aromatic heterocycles. The summed E-state index contributed by atoms with van der Waals surface area (Å²) >= 11 is 0. The number of hydrogen-bond acceptors (Lipinski definition) is 7. The molecule has 8 heteroatoms. The molecule has 172 valence electrons. The van der Waals surface area contributed by atoms with Gasteiger partial charge in [-0.1, -0.05) is 30.3 Å². The van der Waals surface area contributed by atoms with Crippen LogP contribution in [0, 0.1) is 0 Å². The minimum absolute atomic E-state index is 0.322. The van der Waals surface area contributed by atoms with E-state index < -0.39 is 0 Å². The highest BCUT2D eigenvalue weighted by molar-refractivity contribution is 6.05. The molecule has 8 nitrogen and oxygen atoms in total. The molecule has 1 N–H and O–H groups in total. The van der Waals surface area contributed by atoms with E-state index in [-0.39, 0.29) is 5.91 Å². The third-order valence-electron chi connectivity index (χ3n) is 5.21. The fourth-order valence-electron chi connectivity index (χ4n) is 3.62. The molecule has 0 radical (unpaired) electrons. The minimum atomic E-state index is -0.322. The summed E-state index contributed by atoms with van der Waals surface area (Å²) in [7, 11) is 0. The van der Waals surface area contributed by atoms with Gasteiger partial charge >= 0.3 is 0 Å². The highest BCUT2D eigenvalue weighted by Crippen LogP contribution is 2.39. The van der Waals surface area contributed by atoms with E-state index in [2.05, 4.69) is 20.2 Å². The van der Waals surface area contributed by atoms with E-state index in [1.165, 1.54) is 12.4 Å². The van der Waals surface area contributed by atoms with Crippen molar-refractivity contribution in [3.05, 3.63) is 60.4 Å². The van der Waals surface area contributed by atoms with Crippen LogP contribution in [0.25, 0.3) is 11.4 Å². The van der Waals surface area contributed by atoms with Gasteiger partial charge in [0.15, 0.2) is 5.82 Å². The summed E-state index contributed by atoms with van der Waals surface area (Å²) in [5, 5.41) is 2.93. The molecule has 0 unspecified atom stereocenters. The molecule has 1 fully saturated rings. The van der Waals surface area contributed by atoms with Gasteiger partial charge in [0.2, 0.25) is 0 Å². The first-order chi connectivity index (χ1) is 16.2. The van der Waals surface area contributed by atoms with E-state index in [1.54, 1.807) is 0 Å². The summed E-state index contributed by atoms with van der Waals surface area (Å²) in [5.74, 6) is 1.51. The van der Waals surface area contributed by atoms with Gasteiger partial charge < -0.3 is 24.4 Å². The Morgan fingerprint density at radius 3 is 2.33 bits per heavy atom. The lowest BCUT2D eigenvalue weighted by molar-refractivity contribution is 0.102. The van der Waals surface area contributed by atoms with Crippen LogP contribution in [0.15, 0.2) is 54.9 Å². The van der Waals surface area contributed by atoms with E-state index in [4.69, 9.17) is 14.2 Å². The van der Waals surface area contributed by atoms with Gasteiger partial charge in [0, 0.05) is 43.2 Å². The SMILES string of the molecule is CCOc1cc(N2CCOCC2)c(OCC)cc1NC(=O)c1cnc(-c2ccccc2)nc1. The average Bonchev–Trinajstić information content (AvgIpc) is 2.87. The molecule has 3 aromatic rings. The third-order valence-corrected chi connectivity index (χ3v) is 5.21. The molecule has 0 aliphatic carbocycles. The number of benzene rings is 2. The van der Waals surface area contributed by atoms with Crippen LogP contribution in [-0.4, -0.2) is 55.4 Å². The Hall–Kier alpha value is -3.65. The van der Waals surface area contributed by atoms with Crippen molar-refractivity contribution in [3.63, 3.8) is 0 Å². The van der Waals surface area contributed by atoms with Crippen LogP contribution < -0.4 is 19.7 Å². The number of aromatic nitrogens is 2. The van der Waals surface area contributed by atoms with Crippen molar-refractivity contribution >= 4 is 17.3 Å². The summed E-state index contributed by atoms with van der Waals surface area (Å²) in [6.45, 7) is 7.67. The van der Waals surface area contributed by atoms with Gasteiger partial charge in [-0.15, -0.1) is 0 Å². The number of morpholine rings is 1. The Morgan fingerprint density at radius 1 is 1.00 bits per heavy atom. The molecule has 1 saturated heterocycles. The van der Waals surface area contributed by atoms with Gasteiger partial charge in [0.05, 0.1) is 43.4 Å². The van der Waals surface area contributed by atoms with Crippen LogP contribution in [0.3, 0.4) is 0 Å². The van der Waals surface area contributed by atoms with E-state index in [1.807, 2.05) is 56.3 Å². The monoisotopic (exact) mass is 448 g/mol. The molecule has 1 aliphatic heterocycles. The summed E-state index contributed by atoms with van der Waals surface area (Å²) in [5.41, 5.74) is 2.71. The van der Waals surface area contributed by atoms with Crippen molar-refractivity contribution in [2.75, 3.05) is 49.7 Å². The second-order valence-electron chi connectivity index (χ2n) is 7.40. The predicted molar refractivity (Wildman–Crippen MR) is 127 cm³/mol. The average molecular weight is 449 g/mol. The van der Waals surface area contributed by atoms with Crippen LogP contribution in [0.4, 0.5) is 11.4 Å². The van der Waals surface area contributed by atoms with Crippen molar-refractivity contribution < 1.29 is 19.0 Å². The van der Waals surface area contributed by atoms with Crippen molar-refractivity contribution in [2.24, 2.45) is 0 Å². The molecule has 0 spiro atoms. The zero-order chi connectivity index (χ0) is 23.0. The maximum absolute atomic E-state index is 13.0. The van der Waals surface area contributed by atoms with E-state index in [0.29, 0.717) is 55.0 Å². The first-order valence-corrected chi connectivity index (χ1v) is 11.1. The number of carbonyl (C=O) groups excluding carboxylic acids is 1. The molecule has 2 aromatic carbocycles. The van der Waals surface area contributed by atoms with Crippen LogP contribution in [-0.2, 0) is 4.74 Å². The molecule has 1 aliphatic rings. The second kappa shape index (κ2) is 10.8. The van der Waals surface area contributed by atoms with Crippen LogP contribution in [0.5, 0.6) is 11.5 Å². The molecule has 1 amide bonds. The normalized spacial score (nSPS) is 13.5. The molecular formula is C25H28N4O4. The van der Waals surface area contributed by atoms with Crippen LogP contribution >= 0.6 is 0 Å². The smallest absolute Gasteiger partial charge is 0.258 e. The van der Waals surface area contributed by atoms with Gasteiger partial charge in [-0.05, 0) is 13.8 Å². The highest BCUT2D eigenvalue weighted by atomic mass is 16.5. The Bertz CT molecular complexity index is 1070. The zero-order valence-corrected chi connectivity index (χ0v) is 18.9. The highest BCUT2D eigenvalue weighted by Gasteiger charge is 2.21. The van der Waals surface area contributed by atoms with E-state index >= 15 is 0 Å². The van der Waals surface area contributed by atoms with Gasteiger partial charge in [0.25, 0.3) is 5.91 Å². The summed E-state index contributed by atoms with van der Waals surface area (Å²) < 4.78 is 17.2. The Labute approximate surface area is 193 Å². The standard InChI is InChI=1S/C25H28N4O4/c1-3-32-22-15-21(29-10-12-31-13-11-29)23(33-4-2)14-20(22)28-25(30)19-16-26-24(27-17-19)18-8-6-5-7-9-18/h5-9,14-17H,3-4,10-13H2,1-2H3,(H,28,30). The Kier molecular flexibility index (Phi) is 7.36. The van der Waals surface area contributed by atoms with Crippen molar-refractivity contribution in [1.82, 2.24) is 9.97 Å². The lowest BCUT2D eigenvalue weighted by Crippen LogP contribution is -2.36. The Morgan fingerprint density at radius 2 is 1.67 bits per heavy atom. The predicted octanol–water partition coefficient (Wildman–Crippen LogP) is 4.03. The maximum Gasteiger partial charge on any atom is 0.258 e. The topological polar surface area (TPSA) is 85.8 Å². The van der Waals surface area contributed by atoms with Crippen molar-refractivity contribution in [2.45, 2.75) is 13.8 Å². The van der Waals surface area contributed by atoms with Gasteiger partial charge in [0.1, 0.15) is 11.5 Å². The number of nitrogens with one attached hydrogen (secondary N) is 1. The fraction of sp³-hybridized carbons (Fsp3) is 0.320. The second-order valence-corrected chi connectivity index (χ2v) is 7.40. The van der Waals surface area contributed by atoms with Crippen LogP contribution in [0.2, 0.25) is 0 Å². The summed E-state index contributed by atoms with van der Waals surface area (Å²) in [4.78, 5) is 23.9. The number of hydrogen-bond donors (Lipinski definition) is 1. The van der Waals surface area contributed by atoms with Gasteiger partial charge in [-0.3, -0.25) is 4.79 Å². The van der Waals surface area contributed by atoms with Gasteiger partial charge in [-0.2, -0.15) is 0 Å². The first kappa shape index (κ1) is 22.5. The lowest BCUT2D eigenvalue weighted by atomic mass is 10.2. The first-order valence-electron chi connectivity index (χ1n) is 11.1. The summed E-state index contributed by atoms with van der Waals surface area (Å²) in [6.07, 6.45) is 3.05. The molecule has 33 heavy (non-hydrogen) atoms. The number of anilines is 2. The summed E-state index contributed by atoms with van der Waals surface area (Å²) in [6, 6.07) is 13.4. The molecule has 0 atom stereocenters. The molecule has 0 saturated carbocycles. The quantitative estimate of drug-likeness (QED) is 0.557. The van der Waals surface area contributed by atoms with Crippen molar-refractivity contribution in [3.8, 4) is 22.9 Å². The van der Waals surface area contributed by atoms with Crippen LogP contribution in [0.1, 0.15) is 24.2 Å². The number of amides is 1. The molecular weight excluding hydrogens is 420 g/mol. The van der Waals surface area contributed by atoms with E-state index in [0.717, 1.165) is 24.3 Å². The molecule has 2 heterocycles. The number of ether oxygens (including phenoxy) is 3. The lowest BCUT2D eigenvalue weighted by Gasteiger charge is -2.31. The largest absolute Gasteiger partial charge is 0.492 e. The number of carbonyl (C=O) groups is 1. The molecule has 0 bridgehead atoms. The zero-order valence-electron chi connectivity index (χ0n) is 18.9. The maximum atomic E-state index is 13.0. The number of rotatable bonds is 8. The van der Waals surface area contributed by atoms with Gasteiger partial charge in [-0.25, -0.2) is 9.97 Å².